The SMILES string of the molecule is CC1CCc2ccccc2N1C(=O)NC[C@H](O)C(=O)O. The Kier molecular flexibility index (Phi) is 4.24. The molecule has 108 valence electrons. The molecule has 1 aliphatic heterocycles. The number of carboxylic acids is 1. The van der Waals surface area contributed by atoms with E-state index >= 15 is 0 Å². The third-order valence-electron chi connectivity index (χ3n) is 3.47. The Balaban J connectivity index is 2.11. The molecule has 1 unspecified atom stereocenters. The number of anilines is 1. The summed E-state index contributed by atoms with van der Waals surface area (Å²) in [6.45, 7) is 1.64. The summed E-state index contributed by atoms with van der Waals surface area (Å²) >= 11 is 0. The zero-order chi connectivity index (χ0) is 14.7. The van der Waals surface area contributed by atoms with Crippen molar-refractivity contribution in [3.8, 4) is 0 Å². The van der Waals surface area contributed by atoms with Gasteiger partial charge in [0, 0.05) is 11.7 Å². The van der Waals surface area contributed by atoms with Gasteiger partial charge in [0.1, 0.15) is 0 Å². The van der Waals surface area contributed by atoms with Crippen LogP contribution in [0.15, 0.2) is 24.3 Å². The largest absolute Gasteiger partial charge is 0.479 e. The molecule has 1 heterocycles. The van der Waals surface area contributed by atoms with E-state index in [1.807, 2.05) is 31.2 Å². The van der Waals surface area contributed by atoms with E-state index in [0.717, 1.165) is 24.1 Å². The maximum absolute atomic E-state index is 12.2. The Bertz CT molecular complexity index is 518. The molecule has 3 N–H and O–H groups in total. The van der Waals surface area contributed by atoms with Gasteiger partial charge in [-0.3, -0.25) is 4.90 Å². The highest BCUT2D eigenvalue weighted by Gasteiger charge is 2.28. The lowest BCUT2D eigenvalue weighted by Gasteiger charge is -2.35. The minimum absolute atomic E-state index is 0.0341. The highest BCUT2D eigenvalue weighted by atomic mass is 16.4. The molecule has 2 amide bonds. The van der Waals surface area contributed by atoms with Crippen molar-refractivity contribution >= 4 is 17.7 Å². The van der Waals surface area contributed by atoms with Crippen molar-refractivity contribution in [2.24, 2.45) is 0 Å². The lowest BCUT2D eigenvalue weighted by atomic mass is 9.97. The zero-order valence-corrected chi connectivity index (χ0v) is 11.2. The fourth-order valence-electron chi connectivity index (χ4n) is 2.35. The molecule has 0 aliphatic carbocycles. The van der Waals surface area contributed by atoms with E-state index in [9.17, 15) is 14.7 Å². The summed E-state index contributed by atoms with van der Waals surface area (Å²) in [5.74, 6) is -1.35. The van der Waals surface area contributed by atoms with Crippen molar-refractivity contribution in [2.75, 3.05) is 11.4 Å². The third kappa shape index (κ3) is 2.91. The standard InChI is InChI=1S/C14H18N2O4/c1-9-6-7-10-4-2-3-5-11(10)16(9)14(20)15-8-12(17)13(18)19/h2-5,9,12,17H,6-8H2,1H3,(H,15,20)(H,18,19)/t9?,12-/m0/s1. The van der Waals surface area contributed by atoms with E-state index in [-0.39, 0.29) is 18.6 Å². The number of fused-ring (bicyclic) bond motifs is 1. The fraction of sp³-hybridized carbons (Fsp3) is 0.429. The van der Waals surface area contributed by atoms with Gasteiger partial charge >= 0.3 is 12.0 Å². The van der Waals surface area contributed by atoms with Crippen LogP contribution in [0.25, 0.3) is 0 Å². The van der Waals surface area contributed by atoms with Crippen molar-refractivity contribution in [3.63, 3.8) is 0 Å². The van der Waals surface area contributed by atoms with Crippen LogP contribution in [0.1, 0.15) is 18.9 Å². The number of carbonyl (C=O) groups excluding carboxylic acids is 1. The van der Waals surface area contributed by atoms with Crippen LogP contribution in [0.3, 0.4) is 0 Å². The molecule has 0 fully saturated rings. The smallest absolute Gasteiger partial charge is 0.334 e. The number of hydrogen-bond donors (Lipinski definition) is 3. The summed E-state index contributed by atoms with van der Waals surface area (Å²) in [6, 6.07) is 7.30. The maximum Gasteiger partial charge on any atom is 0.334 e. The van der Waals surface area contributed by atoms with Crippen LogP contribution >= 0.6 is 0 Å². The number of hydrogen-bond acceptors (Lipinski definition) is 3. The van der Waals surface area contributed by atoms with Crippen molar-refractivity contribution in [3.05, 3.63) is 29.8 Å². The molecule has 2 rings (SSSR count). The predicted molar refractivity (Wildman–Crippen MR) is 73.7 cm³/mol. The summed E-state index contributed by atoms with van der Waals surface area (Å²) in [6.07, 6.45) is 0.180. The van der Waals surface area contributed by atoms with Gasteiger partial charge in [-0.25, -0.2) is 9.59 Å². The highest BCUT2D eigenvalue weighted by Crippen LogP contribution is 2.30. The number of nitrogens with zero attached hydrogens (tertiary/aromatic N) is 1. The number of benzene rings is 1. The first-order valence-electron chi connectivity index (χ1n) is 6.56. The molecule has 0 bridgehead atoms. The molecule has 1 aliphatic rings. The molecule has 20 heavy (non-hydrogen) atoms. The maximum atomic E-state index is 12.2. The summed E-state index contributed by atoms with van der Waals surface area (Å²) in [7, 11) is 0. The molecule has 2 atom stereocenters. The summed E-state index contributed by atoms with van der Waals surface area (Å²) < 4.78 is 0. The number of aliphatic carboxylic acids is 1. The molecule has 6 nitrogen and oxygen atoms in total. The Morgan fingerprint density at radius 1 is 1.45 bits per heavy atom. The first kappa shape index (κ1) is 14.3. The minimum atomic E-state index is -1.59. The molecular weight excluding hydrogens is 260 g/mol. The number of urea groups is 1. The second-order valence-electron chi connectivity index (χ2n) is 4.93. The van der Waals surface area contributed by atoms with Crippen LogP contribution in [-0.4, -0.2) is 40.9 Å². The Hall–Kier alpha value is -2.08. The number of carbonyl (C=O) groups is 2. The number of rotatable bonds is 3. The number of carboxylic acid groups (broad SMARTS) is 1. The average Bonchev–Trinajstić information content (AvgIpc) is 2.44. The van der Waals surface area contributed by atoms with Crippen LogP contribution in [0, 0.1) is 0 Å². The number of aryl methyl sites for hydroxylation is 1. The minimum Gasteiger partial charge on any atom is -0.479 e. The van der Waals surface area contributed by atoms with Crippen molar-refractivity contribution in [1.29, 1.82) is 0 Å². The fourth-order valence-corrected chi connectivity index (χ4v) is 2.35. The van der Waals surface area contributed by atoms with Crippen LogP contribution in [0.4, 0.5) is 10.5 Å². The van der Waals surface area contributed by atoms with Crippen molar-refractivity contribution in [2.45, 2.75) is 31.9 Å². The molecule has 6 heteroatoms. The van der Waals surface area contributed by atoms with E-state index < -0.39 is 12.1 Å². The average molecular weight is 278 g/mol. The molecular formula is C14H18N2O4. The molecule has 0 aromatic heterocycles. The van der Waals surface area contributed by atoms with Crippen LogP contribution in [0.2, 0.25) is 0 Å². The van der Waals surface area contributed by atoms with E-state index in [1.165, 1.54) is 0 Å². The number of aliphatic hydroxyl groups is 1. The molecule has 0 saturated carbocycles. The molecule has 1 aromatic rings. The van der Waals surface area contributed by atoms with Gasteiger partial charge in [0.25, 0.3) is 0 Å². The van der Waals surface area contributed by atoms with Crippen LogP contribution < -0.4 is 10.2 Å². The summed E-state index contributed by atoms with van der Waals surface area (Å²) in [4.78, 5) is 24.4. The Morgan fingerprint density at radius 2 is 2.15 bits per heavy atom. The Morgan fingerprint density at radius 3 is 2.85 bits per heavy atom. The molecule has 0 radical (unpaired) electrons. The van der Waals surface area contributed by atoms with Gasteiger partial charge in [-0.2, -0.15) is 0 Å². The van der Waals surface area contributed by atoms with E-state index in [1.54, 1.807) is 4.90 Å². The lowest BCUT2D eigenvalue weighted by molar-refractivity contribution is -0.146. The van der Waals surface area contributed by atoms with Gasteiger partial charge in [0.05, 0.1) is 6.54 Å². The van der Waals surface area contributed by atoms with Crippen molar-refractivity contribution in [1.82, 2.24) is 5.32 Å². The Labute approximate surface area is 117 Å². The first-order chi connectivity index (χ1) is 9.50. The van der Waals surface area contributed by atoms with Gasteiger partial charge in [-0.05, 0) is 31.4 Å². The summed E-state index contributed by atoms with van der Waals surface area (Å²) in [5.41, 5.74) is 1.94. The van der Waals surface area contributed by atoms with Crippen LogP contribution in [-0.2, 0) is 11.2 Å². The number of amides is 2. The van der Waals surface area contributed by atoms with Gasteiger partial charge in [-0.1, -0.05) is 18.2 Å². The molecule has 0 spiro atoms. The van der Waals surface area contributed by atoms with E-state index in [2.05, 4.69) is 5.32 Å². The second kappa shape index (κ2) is 5.92. The topological polar surface area (TPSA) is 89.9 Å². The first-order valence-corrected chi connectivity index (χ1v) is 6.56. The number of nitrogens with one attached hydrogen (secondary N) is 1. The van der Waals surface area contributed by atoms with Crippen LogP contribution in [0.5, 0.6) is 0 Å². The van der Waals surface area contributed by atoms with E-state index in [4.69, 9.17) is 5.11 Å². The number of aliphatic hydroxyl groups excluding tert-OH is 1. The van der Waals surface area contributed by atoms with Gasteiger partial charge in [0.2, 0.25) is 0 Å². The van der Waals surface area contributed by atoms with E-state index in [0.29, 0.717) is 0 Å². The van der Waals surface area contributed by atoms with Gasteiger partial charge in [-0.15, -0.1) is 0 Å². The zero-order valence-electron chi connectivity index (χ0n) is 11.2. The highest BCUT2D eigenvalue weighted by molar-refractivity contribution is 5.94. The molecule has 0 saturated heterocycles. The third-order valence-corrected chi connectivity index (χ3v) is 3.47. The summed E-state index contributed by atoms with van der Waals surface area (Å²) in [5, 5.41) is 20.3. The monoisotopic (exact) mass is 278 g/mol. The number of para-hydroxylation sites is 1. The quantitative estimate of drug-likeness (QED) is 0.769. The van der Waals surface area contributed by atoms with Gasteiger partial charge < -0.3 is 15.5 Å². The lowest BCUT2D eigenvalue weighted by Crippen LogP contribution is -2.50. The molecule has 1 aromatic carbocycles. The van der Waals surface area contributed by atoms with Crippen molar-refractivity contribution < 1.29 is 19.8 Å². The predicted octanol–water partition coefficient (Wildman–Crippen LogP) is 0.983. The second-order valence-corrected chi connectivity index (χ2v) is 4.93. The normalized spacial score (nSPS) is 19.1. The van der Waals surface area contributed by atoms with Gasteiger partial charge in [0.15, 0.2) is 6.10 Å².